The van der Waals surface area contributed by atoms with Crippen molar-refractivity contribution in [2.24, 2.45) is 0 Å². The van der Waals surface area contributed by atoms with Gasteiger partial charge in [-0.3, -0.25) is 4.90 Å². The molecule has 0 aliphatic carbocycles. The lowest BCUT2D eigenvalue weighted by atomic mass is 10.5. The van der Waals surface area contributed by atoms with E-state index in [1.54, 1.807) is 0 Å². The fourth-order valence-corrected chi connectivity index (χ4v) is 20.2. The van der Waals surface area contributed by atoms with Gasteiger partial charge in [0.25, 0.3) is 0 Å². The molecule has 126 valence electrons. The molecule has 0 radical (unpaired) electrons. The molecule has 0 aromatic heterocycles. The monoisotopic (exact) mass is 348 g/mol. The van der Waals surface area contributed by atoms with Gasteiger partial charge >= 0.3 is 8.56 Å². The van der Waals surface area contributed by atoms with Crippen LogP contribution in [0.15, 0.2) is 0 Å². The summed E-state index contributed by atoms with van der Waals surface area (Å²) in [5, 5.41) is 0. The fourth-order valence-electron chi connectivity index (χ4n) is 3.62. The van der Waals surface area contributed by atoms with Crippen molar-refractivity contribution < 1.29 is 8.85 Å². The van der Waals surface area contributed by atoms with Crippen LogP contribution in [0.25, 0.3) is 0 Å². The van der Waals surface area contributed by atoms with Crippen LogP contribution in [0.2, 0.25) is 45.8 Å². The van der Waals surface area contributed by atoms with Crippen molar-refractivity contribution in [2.75, 3.05) is 20.0 Å². The Labute approximate surface area is 135 Å². The van der Waals surface area contributed by atoms with Crippen LogP contribution < -0.4 is 0 Å². The van der Waals surface area contributed by atoms with Crippen molar-refractivity contribution in [3.63, 3.8) is 0 Å². The lowest BCUT2D eigenvalue weighted by Gasteiger charge is -2.54. The summed E-state index contributed by atoms with van der Waals surface area (Å²) in [4.78, 5) is 2.22. The van der Waals surface area contributed by atoms with Crippen LogP contribution in [0.5, 0.6) is 0 Å². The molecule has 1 fully saturated rings. The minimum atomic E-state index is -2.15. The molecule has 0 aromatic carbocycles. The first-order valence-corrected chi connectivity index (χ1v) is 17.5. The highest BCUT2D eigenvalue weighted by Gasteiger charge is 2.51. The van der Waals surface area contributed by atoms with Crippen LogP contribution in [-0.2, 0) is 8.85 Å². The Morgan fingerprint density at radius 3 is 1.71 bits per heavy atom. The quantitative estimate of drug-likeness (QED) is 0.684. The van der Waals surface area contributed by atoms with Gasteiger partial charge in [-0.05, 0) is 19.5 Å². The molecule has 0 saturated carbocycles. The fraction of sp³-hybridized carbons (Fsp3) is 1.00. The molecule has 1 aliphatic rings. The molecule has 0 aromatic rings. The Hall–Kier alpha value is 0.491. The van der Waals surface area contributed by atoms with Crippen LogP contribution in [0.1, 0.15) is 20.3 Å². The zero-order valence-electron chi connectivity index (χ0n) is 15.6. The molecule has 1 atom stereocenters. The van der Waals surface area contributed by atoms with E-state index in [0.29, 0.717) is 5.67 Å². The standard InChI is InChI=1S/C14H36N2O2Si3/c1-10-14(16(19(3,4)5)20(6,7)8)21(9)17-12-15(11-2)13-18-21/h14H,10-13H2,1-9H3. The Balaban J connectivity index is 3.04. The van der Waals surface area contributed by atoms with E-state index in [0.717, 1.165) is 26.4 Å². The van der Waals surface area contributed by atoms with Crippen LogP contribution >= 0.6 is 0 Å². The van der Waals surface area contributed by atoms with E-state index >= 15 is 0 Å². The zero-order chi connectivity index (χ0) is 16.5. The van der Waals surface area contributed by atoms with E-state index in [1.807, 2.05) is 0 Å². The summed E-state index contributed by atoms with van der Waals surface area (Å²) in [6.07, 6.45) is 1.13. The summed E-state index contributed by atoms with van der Waals surface area (Å²) in [5.74, 6) is 0. The molecular formula is C14H36N2O2Si3. The van der Waals surface area contributed by atoms with Gasteiger partial charge in [-0.15, -0.1) is 0 Å². The lowest BCUT2D eigenvalue weighted by molar-refractivity contribution is -0.0354. The van der Waals surface area contributed by atoms with Gasteiger partial charge in [0.15, 0.2) is 0 Å². The third-order valence-corrected chi connectivity index (χ3v) is 15.6. The van der Waals surface area contributed by atoms with E-state index in [4.69, 9.17) is 8.85 Å². The summed E-state index contributed by atoms with van der Waals surface area (Å²) >= 11 is 0. The SMILES string of the molecule is CCC(N([Si](C)(C)C)[Si](C)(C)C)[Si]1(C)OCN(CC)CO1. The minimum Gasteiger partial charge on any atom is -0.380 e. The maximum Gasteiger partial charge on any atom is 0.353 e. The lowest BCUT2D eigenvalue weighted by Crippen LogP contribution is -2.72. The third kappa shape index (κ3) is 4.73. The first-order valence-electron chi connectivity index (χ1n) is 8.25. The van der Waals surface area contributed by atoms with Crippen molar-refractivity contribution in [1.82, 2.24) is 9.13 Å². The van der Waals surface area contributed by atoms with E-state index in [9.17, 15) is 0 Å². The molecule has 1 aliphatic heterocycles. The average molecular weight is 349 g/mol. The van der Waals surface area contributed by atoms with E-state index in [1.165, 1.54) is 0 Å². The van der Waals surface area contributed by atoms with Crippen molar-refractivity contribution >= 4 is 25.0 Å². The third-order valence-electron chi connectivity index (χ3n) is 4.26. The van der Waals surface area contributed by atoms with Gasteiger partial charge in [-0.25, -0.2) is 0 Å². The highest BCUT2D eigenvalue weighted by Crippen LogP contribution is 2.32. The number of rotatable bonds is 6. The van der Waals surface area contributed by atoms with Gasteiger partial charge in [0, 0.05) is 5.67 Å². The molecule has 0 bridgehead atoms. The van der Waals surface area contributed by atoms with Crippen LogP contribution in [-0.4, -0.2) is 59.8 Å². The molecule has 0 spiro atoms. The number of hydrogen-bond acceptors (Lipinski definition) is 4. The van der Waals surface area contributed by atoms with E-state index in [2.05, 4.69) is 68.8 Å². The van der Waals surface area contributed by atoms with E-state index in [-0.39, 0.29) is 0 Å². The maximum absolute atomic E-state index is 6.34. The van der Waals surface area contributed by atoms with Crippen LogP contribution in [0, 0.1) is 0 Å². The highest BCUT2D eigenvalue weighted by molar-refractivity contribution is 6.91. The van der Waals surface area contributed by atoms with Crippen molar-refractivity contribution in [3.05, 3.63) is 0 Å². The van der Waals surface area contributed by atoms with Gasteiger partial charge in [0.2, 0.25) is 0 Å². The molecule has 1 rings (SSSR count). The second-order valence-electron chi connectivity index (χ2n) is 8.19. The summed E-state index contributed by atoms with van der Waals surface area (Å²) < 4.78 is 15.6. The maximum atomic E-state index is 6.34. The van der Waals surface area contributed by atoms with Gasteiger partial charge in [-0.2, -0.15) is 0 Å². The van der Waals surface area contributed by atoms with Crippen molar-refractivity contribution in [3.8, 4) is 0 Å². The second-order valence-corrected chi connectivity index (χ2v) is 21.6. The summed E-state index contributed by atoms with van der Waals surface area (Å²) in [7, 11) is -4.97. The number of hydrogen-bond donors (Lipinski definition) is 0. The molecule has 0 amide bonds. The van der Waals surface area contributed by atoms with Gasteiger partial charge in [0.05, 0.1) is 13.5 Å². The van der Waals surface area contributed by atoms with Crippen LogP contribution in [0.4, 0.5) is 0 Å². The van der Waals surface area contributed by atoms with Gasteiger partial charge in [0.1, 0.15) is 16.5 Å². The predicted molar refractivity (Wildman–Crippen MR) is 98.5 cm³/mol. The largest absolute Gasteiger partial charge is 0.380 e. The number of nitrogens with zero attached hydrogens (tertiary/aromatic N) is 2. The van der Waals surface area contributed by atoms with Crippen molar-refractivity contribution in [2.45, 2.75) is 71.8 Å². The van der Waals surface area contributed by atoms with E-state index < -0.39 is 25.0 Å². The minimum absolute atomic E-state index is 0.481. The van der Waals surface area contributed by atoms with Crippen LogP contribution in [0.3, 0.4) is 0 Å². The predicted octanol–water partition coefficient (Wildman–Crippen LogP) is 3.63. The molecule has 4 nitrogen and oxygen atoms in total. The average Bonchev–Trinajstić information content (AvgIpc) is 2.33. The highest BCUT2D eigenvalue weighted by atomic mass is 28.4. The first kappa shape index (κ1) is 19.5. The van der Waals surface area contributed by atoms with Crippen molar-refractivity contribution in [1.29, 1.82) is 0 Å². The summed E-state index contributed by atoms with van der Waals surface area (Å²) in [6, 6.07) is 0. The normalized spacial score (nSPS) is 22.6. The molecule has 1 unspecified atom stereocenters. The Morgan fingerprint density at radius 2 is 1.43 bits per heavy atom. The molecule has 1 heterocycles. The van der Waals surface area contributed by atoms with Gasteiger partial charge in [-0.1, -0.05) is 53.1 Å². The molecule has 21 heavy (non-hydrogen) atoms. The molecule has 0 N–H and O–H groups in total. The molecule has 1 saturated heterocycles. The zero-order valence-corrected chi connectivity index (χ0v) is 18.6. The summed E-state index contributed by atoms with van der Waals surface area (Å²) in [5.41, 5.74) is 0.481. The Bertz CT molecular complexity index is 320. The topological polar surface area (TPSA) is 24.9 Å². The second kappa shape index (κ2) is 6.94. The summed E-state index contributed by atoms with van der Waals surface area (Å²) in [6.45, 7) is 24.0. The Kier molecular flexibility index (Phi) is 6.46. The Morgan fingerprint density at radius 1 is 1.00 bits per heavy atom. The smallest absolute Gasteiger partial charge is 0.353 e. The first-order chi connectivity index (χ1) is 9.45. The van der Waals surface area contributed by atoms with Gasteiger partial charge < -0.3 is 13.1 Å². The molecular weight excluding hydrogens is 312 g/mol. The molecule has 7 heteroatoms.